The molecule has 2 aliphatic rings. The fourth-order valence-corrected chi connectivity index (χ4v) is 3.95. The zero-order chi connectivity index (χ0) is 15.9. The van der Waals surface area contributed by atoms with Gasteiger partial charge in [0.1, 0.15) is 0 Å². The Hall–Kier alpha value is -2.30. The smallest absolute Gasteiger partial charge is 0.155 e. The van der Waals surface area contributed by atoms with Crippen LogP contribution in [0.3, 0.4) is 0 Å². The number of nitrogens with one attached hydrogen (secondary N) is 2. The highest BCUT2D eigenvalue weighted by Crippen LogP contribution is 2.31. The van der Waals surface area contributed by atoms with Gasteiger partial charge in [-0.2, -0.15) is 10.2 Å². The third-order valence-corrected chi connectivity index (χ3v) is 5.62. The predicted molar refractivity (Wildman–Crippen MR) is 95.6 cm³/mol. The van der Waals surface area contributed by atoms with Crippen molar-refractivity contribution < 1.29 is 0 Å². The van der Waals surface area contributed by atoms with Gasteiger partial charge in [0, 0.05) is 28.9 Å². The summed E-state index contributed by atoms with van der Waals surface area (Å²) in [5.41, 5.74) is 4.99. The van der Waals surface area contributed by atoms with E-state index in [0.717, 1.165) is 36.8 Å². The third kappa shape index (κ3) is 2.39. The maximum atomic E-state index is 4.59. The molecule has 2 aromatic heterocycles. The Bertz CT molecular complexity index is 871. The van der Waals surface area contributed by atoms with Crippen LogP contribution in [0.4, 0.5) is 11.5 Å². The zero-order valence-corrected chi connectivity index (χ0v) is 13.9. The molecule has 24 heavy (non-hydrogen) atoms. The van der Waals surface area contributed by atoms with Gasteiger partial charge >= 0.3 is 0 Å². The van der Waals surface area contributed by atoms with Crippen LogP contribution in [-0.2, 0) is 19.4 Å². The first-order chi connectivity index (χ1) is 11.9. The number of aryl methyl sites for hydroxylation is 1. The molecular formula is C19H23N5. The maximum Gasteiger partial charge on any atom is 0.155 e. The molecule has 1 saturated carbocycles. The molecule has 2 N–H and O–H groups in total. The number of H-pyrrole nitrogens is 1. The third-order valence-electron chi connectivity index (χ3n) is 5.62. The van der Waals surface area contributed by atoms with Gasteiger partial charge in [0.25, 0.3) is 0 Å². The molecule has 3 aromatic rings. The number of nitrogens with zero attached hydrogens (tertiary/aromatic N) is 3. The summed E-state index contributed by atoms with van der Waals surface area (Å²) in [7, 11) is 0. The SMILES string of the molecule is c1cc2c(cnn2CC2CCC2)cc1Nc1n[nH]c2c1CCCC2. The number of rotatable bonds is 4. The van der Waals surface area contributed by atoms with Crippen LogP contribution in [0.1, 0.15) is 43.4 Å². The van der Waals surface area contributed by atoms with Crippen molar-refractivity contribution in [3.63, 3.8) is 0 Å². The van der Waals surface area contributed by atoms with E-state index in [1.54, 1.807) is 0 Å². The topological polar surface area (TPSA) is 58.5 Å². The second-order valence-electron chi connectivity index (χ2n) is 7.26. The minimum Gasteiger partial charge on any atom is -0.339 e. The second-order valence-corrected chi connectivity index (χ2v) is 7.26. The van der Waals surface area contributed by atoms with Crippen molar-refractivity contribution in [2.24, 2.45) is 5.92 Å². The lowest BCUT2D eigenvalue weighted by Crippen LogP contribution is -2.18. The van der Waals surface area contributed by atoms with E-state index in [1.807, 2.05) is 6.20 Å². The molecule has 0 amide bonds. The zero-order valence-electron chi connectivity index (χ0n) is 13.9. The van der Waals surface area contributed by atoms with Crippen molar-refractivity contribution in [2.45, 2.75) is 51.5 Å². The van der Waals surface area contributed by atoms with Crippen LogP contribution >= 0.6 is 0 Å². The van der Waals surface area contributed by atoms with Crippen LogP contribution in [0.15, 0.2) is 24.4 Å². The minimum absolute atomic E-state index is 0.821. The fourth-order valence-electron chi connectivity index (χ4n) is 3.95. The standard InChI is InChI=1S/C19H23N5/c1-2-7-17-16(6-1)19(23-22-17)21-15-8-9-18-14(10-15)11-20-24(18)12-13-4-3-5-13/h8-11,13H,1-7,12H2,(H2,21,22,23). The van der Waals surface area contributed by atoms with Gasteiger partial charge in [-0.1, -0.05) is 6.42 Å². The predicted octanol–water partition coefficient (Wildman–Crippen LogP) is 4.18. The summed E-state index contributed by atoms with van der Waals surface area (Å²) in [6, 6.07) is 6.51. The Morgan fingerprint density at radius 2 is 2.08 bits per heavy atom. The lowest BCUT2D eigenvalue weighted by Gasteiger charge is -2.25. The number of hydrogen-bond acceptors (Lipinski definition) is 3. The highest BCUT2D eigenvalue weighted by Gasteiger charge is 2.19. The van der Waals surface area contributed by atoms with Crippen molar-refractivity contribution in [1.29, 1.82) is 0 Å². The monoisotopic (exact) mass is 321 g/mol. The average molecular weight is 321 g/mol. The molecule has 0 atom stereocenters. The first kappa shape index (κ1) is 14.1. The van der Waals surface area contributed by atoms with Crippen LogP contribution in [0.25, 0.3) is 10.9 Å². The Kier molecular flexibility index (Phi) is 3.32. The molecule has 5 nitrogen and oxygen atoms in total. The van der Waals surface area contributed by atoms with Gasteiger partial charge in [-0.25, -0.2) is 0 Å². The molecule has 2 aliphatic carbocycles. The van der Waals surface area contributed by atoms with Crippen molar-refractivity contribution >= 4 is 22.4 Å². The van der Waals surface area contributed by atoms with E-state index in [9.17, 15) is 0 Å². The van der Waals surface area contributed by atoms with Gasteiger partial charge in [-0.3, -0.25) is 9.78 Å². The summed E-state index contributed by atoms with van der Waals surface area (Å²) < 4.78 is 2.17. The number of aromatic nitrogens is 4. The van der Waals surface area contributed by atoms with Crippen molar-refractivity contribution in [3.8, 4) is 0 Å². The van der Waals surface area contributed by atoms with E-state index in [0.29, 0.717) is 0 Å². The van der Waals surface area contributed by atoms with Crippen LogP contribution < -0.4 is 5.32 Å². The number of anilines is 2. The van der Waals surface area contributed by atoms with Crippen LogP contribution in [-0.4, -0.2) is 20.0 Å². The normalized spacial score (nSPS) is 17.7. The van der Waals surface area contributed by atoms with Gasteiger partial charge in [-0.15, -0.1) is 0 Å². The van der Waals surface area contributed by atoms with E-state index < -0.39 is 0 Å². The van der Waals surface area contributed by atoms with E-state index in [1.165, 1.54) is 54.3 Å². The van der Waals surface area contributed by atoms with Crippen LogP contribution in [0, 0.1) is 5.92 Å². The highest BCUT2D eigenvalue weighted by molar-refractivity contribution is 5.83. The van der Waals surface area contributed by atoms with Crippen LogP contribution in [0.2, 0.25) is 0 Å². The summed E-state index contributed by atoms with van der Waals surface area (Å²) in [5.74, 6) is 1.81. The van der Waals surface area contributed by atoms with E-state index in [2.05, 4.69) is 43.5 Å². The lowest BCUT2D eigenvalue weighted by molar-refractivity contribution is 0.270. The molecule has 0 radical (unpaired) electrons. The molecule has 0 unspecified atom stereocenters. The van der Waals surface area contributed by atoms with Crippen molar-refractivity contribution in [3.05, 3.63) is 35.7 Å². The second kappa shape index (κ2) is 5.65. The highest BCUT2D eigenvalue weighted by atomic mass is 15.3. The number of aromatic amines is 1. The first-order valence-electron chi connectivity index (χ1n) is 9.15. The summed E-state index contributed by atoms with van der Waals surface area (Å²) in [6.07, 6.45) is 10.8. The first-order valence-corrected chi connectivity index (χ1v) is 9.15. The van der Waals surface area contributed by atoms with Crippen molar-refractivity contribution in [2.75, 3.05) is 5.32 Å². The Balaban J connectivity index is 1.40. The molecule has 1 fully saturated rings. The largest absolute Gasteiger partial charge is 0.339 e. The van der Waals surface area contributed by atoms with E-state index >= 15 is 0 Å². The van der Waals surface area contributed by atoms with Gasteiger partial charge in [-0.05, 0) is 62.6 Å². The Morgan fingerprint density at radius 3 is 2.96 bits per heavy atom. The maximum absolute atomic E-state index is 4.59. The van der Waals surface area contributed by atoms with Gasteiger partial charge < -0.3 is 5.32 Å². The number of fused-ring (bicyclic) bond motifs is 2. The molecule has 2 heterocycles. The Morgan fingerprint density at radius 1 is 1.17 bits per heavy atom. The van der Waals surface area contributed by atoms with Crippen LogP contribution in [0.5, 0.6) is 0 Å². The van der Waals surface area contributed by atoms with Gasteiger partial charge in [0.15, 0.2) is 5.82 Å². The fraction of sp³-hybridized carbons (Fsp3) is 0.474. The summed E-state index contributed by atoms with van der Waals surface area (Å²) in [6.45, 7) is 1.06. The number of benzene rings is 1. The molecule has 0 spiro atoms. The molecule has 5 rings (SSSR count). The lowest BCUT2D eigenvalue weighted by atomic mass is 9.85. The quantitative estimate of drug-likeness (QED) is 0.758. The molecule has 0 bridgehead atoms. The summed E-state index contributed by atoms with van der Waals surface area (Å²) in [4.78, 5) is 0. The molecule has 124 valence electrons. The molecule has 0 aliphatic heterocycles. The molecular weight excluding hydrogens is 298 g/mol. The van der Waals surface area contributed by atoms with E-state index in [4.69, 9.17) is 0 Å². The van der Waals surface area contributed by atoms with Gasteiger partial charge in [0.05, 0.1) is 11.7 Å². The Labute approximate surface area is 141 Å². The molecule has 0 saturated heterocycles. The average Bonchev–Trinajstić information content (AvgIpc) is 3.15. The summed E-state index contributed by atoms with van der Waals surface area (Å²) >= 11 is 0. The van der Waals surface area contributed by atoms with E-state index in [-0.39, 0.29) is 0 Å². The van der Waals surface area contributed by atoms with Gasteiger partial charge in [0.2, 0.25) is 0 Å². The molecule has 1 aromatic carbocycles. The van der Waals surface area contributed by atoms with Crippen molar-refractivity contribution in [1.82, 2.24) is 20.0 Å². The minimum atomic E-state index is 0.821. The molecule has 5 heteroatoms. The number of hydrogen-bond donors (Lipinski definition) is 2. The summed E-state index contributed by atoms with van der Waals surface area (Å²) in [5, 5.41) is 17.0.